The third kappa shape index (κ3) is 1.01. The summed E-state index contributed by atoms with van der Waals surface area (Å²) in [5.74, 6) is 1.09. The highest BCUT2D eigenvalue weighted by molar-refractivity contribution is 7.99. The Kier molecular flexibility index (Phi) is 1.39. The summed E-state index contributed by atoms with van der Waals surface area (Å²) in [5, 5.41) is 0. The van der Waals surface area contributed by atoms with E-state index in [1.54, 1.807) is 12.4 Å². The minimum atomic E-state index is 0.414. The number of nitrogens with zero attached hydrogens (tertiary/aromatic N) is 3. The summed E-state index contributed by atoms with van der Waals surface area (Å²) >= 11 is 1.16. The molecule has 0 radical (unpaired) electrons. The fourth-order valence-corrected chi connectivity index (χ4v) is 1.22. The maximum Gasteiger partial charge on any atom is 0.167 e. The summed E-state index contributed by atoms with van der Waals surface area (Å²) < 4.78 is 6.74. The maximum absolute atomic E-state index is 5.53. The van der Waals surface area contributed by atoms with E-state index in [0.717, 1.165) is 12.1 Å². The molecule has 2 rings (SSSR count). The van der Waals surface area contributed by atoms with Gasteiger partial charge in [-0.2, -0.15) is 4.40 Å². The number of hydrogen-bond donors (Lipinski definition) is 2. The minimum absolute atomic E-state index is 0.414. The van der Waals surface area contributed by atoms with Crippen LogP contribution < -0.4 is 10.5 Å². The lowest BCUT2D eigenvalue weighted by molar-refractivity contribution is 1.18. The van der Waals surface area contributed by atoms with E-state index < -0.39 is 0 Å². The summed E-state index contributed by atoms with van der Waals surface area (Å²) in [5.41, 5.74) is 6.15. The normalized spacial score (nSPS) is 14.7. The molecule has 0 aromatic carbocycles. The van der Waals surface area contributed by atoms with Crippen LogP contribution in [0.4, 0.5) is 5.82 Å². The largest absolute Gasteiger partial charge is 0.381 e. The summed E-state index contributed by atoms with van der Waals surface area (Å²) in [6.45, 7) is 0. The van der Waals surface area contributed by atoms with Crippen LogP contribution in [-0.4, -0.2) is 15.8 Å². The maximum atomic E-state index is 5.53. The van der Waals surface area contributed by atoms with Crippen molar-refractivity contribution in [1.29, 1.82) is 0 Å². The van der Waals surface area contributed by atoms with Crippen LogP contribution in [0.15, 0.2) is 16.8 Å². The van der Waals surface area contributed by atoms with Crippen LogP contribution in [0.25, 0.3) is 0 Å². The van der Waals surface area contributed by atoms with Crippen LogP contribution in [0.1, 0.15) is 5.69 Å². The average Bonchev–Trinajstić information content (AvgIpc) is 2.06. The van der Waals surface area contributed by atoms with Crippen molar-refractivity contribution >= 4 is 23.8 Å². The number of aromatic nitrogens is 2. The predicted molar refractivity (Wildman–Crippen MR) is 44.0 cm³/mol. The molecule has 1 aliphatic rings. The molecule has 1 aromatic heterocycles. The van der Waals surface area contributed by atoms with Gasteiger partial charge < -0.3 is 5.73 Å². The lowest BCUT2D eigenvalue weighted by Crippen LogP contribution is -2.19. The molecule has 0 aliphatic carbocycles. The van der Waals surface area contributed by atoms with Crippen molar-refractivity contribution < 1.29 is 0 Å². The molecule has 0 saturated carbocycles. The molecule has 3 N–H and O–H groups in total. The minimum Gasteiger partial charge on any atom is -0.381 e. The summed E-state index contributed by atoms with van der Waals surface area (Å²) in [7, 11) is 0. The number of nitrogens with two attached hydrogens (primary N) is 1. The molecule has 56 valence electrons. The smallest absolute Gasteiger partial charge is 0.167 e. The average molecular weight is 167 g/mol. The van der Waals surface area contributed by atoms with E-state index in [0.29, 0.717) is 17.3 Å². The van der Waals surface area contributed by atoms with Crippen molar-refractivity contribution in [2.45, 2.75) is 0 Å². The zero-order valence-corrected chi connectivity index (χ0v) is 6.30. The Morgan fingerprint density at radius 2 is 2.18 bits per heavy atom. The van der Waals surface area contributed by atoms with Crippen molar-refractivity contribution in [3.05, 3.63) is 18.1 Å². The molecule has 0 amide bonds. The fourth-order valence-electron chi connectivity index (χ4n) is 0.759. The lowest BCUT2D eigenvalue weighted by atomic mass is 10.4. The highest BCUT2D eigenvalue weighted by Gasteiger charge is 2.12. The lowest BCUT2D eigenvalue weighted by Gasteiger charge is -2.10. The highest BCUT2D eigenvalue weighted by Crippen LogP contribution is 2.19. The predicted octanol–water partition coefficient (Wildman–Crippen LogP) is 0.171. The number of anilines is 1. The van der Waals surface area contributed by atoms with Gasteiger partial charge in [0.2, 0.25) is 0 Å². The molecule has 0 bridgehead atoms. The van der Waals surface area contributed by atoms with Crippen molar-refractivity contribution in [3.8, 4) is 0 Å². The monoisotopic (exact) mass is 167 g/mol. The molecule has 0 fully saturated rings. The molecule has 0 unspecified atom stereocenters. The highest BCUT2D eigenvalue weighted by atomic mass is 32.2. The Bertz CT molecular complexity index is 309. The van der Waals surface area contributed by atoms with Gasteiger partial charge in [-0.1, -0.05) is 0 Å². The number of nitrogens with one attached hydrogen (secondary N) is 1. The Labute approximate surface area is 67.4 Å². The molecule has 0 saturated heterocycles. The standard InChI is InChI=1S/C5H5N5S/c6-4-3-5(10-11-9-4)8-2-1-7-3/h1-2H,(H2,6,9)(H,8,10). The molecule has 2 heterocycles. The third-order valence-corrected chi connectivity index (χ3v) is 1.80. The van der Waals surface area contributed by atoms with E-state index in [9.17, 15) is 0 Å². The van der Waals surface area contributed by atoms with Gasteiger partial charge in [-0.25, -0.2) is 9.97 Å². The fraction of sp³-hybridized carbons (Fsp3) is 0. The molecule has 1 aliphatic heterocycles. The first kappa shape index (κ1) is 6.41. The van der Waals surface area contributed by atoms with Crippen LogP contribution in [-0.2, 0) is 0 Å². The third-order valence-electron chi connectivity index (χ3n) is 1.23. The zero-order valence-electron chi connectivity index (χ0n) is 5.48. The summed E-state index contributed by atoms with van der Waals surface area (Å²) in [6, 6.07) is 0. The number of fused-ring (bicyclic) bond motifs is 1. The Morgan fingerprint density at radius 1 is 1.36 bits per heavy atom. The van der Waals surface area contributed by atoms with Crippen LogP contribution in [0.3, 0.4) is 0 Å². The van der Waals surface area contributed by atoms with Crippen molar-refractivity contribution in [2.24, 2.45) is 10.1 Å². The first-order valence-corrected chi connectivity index (χ1v) is 3.72. The second-order valence-corrected chi connectivity index (χ2v) is 2.49. The SMILES string of the molecule is NC1=NSNc2nccnc21. The van der Waals surface area contributed by atoms with Crippen molar-refractivity contribution in [1.82, 2.24) is 9.97 Å². The van der Waals surface area contributed by atoms with E-state index in [4.69, 9.17) is 5.73 Å². The molecule has 5 nitrogen and oxygen atoms in total. The Balaban J connectivity index is 2.56. The molecule has 1 aromatic rings. The van der Waals surface area contributed by atoms with Crippen LogP contribution in [0, 0.1) is 0 Å². The first-order valence-electron chi connectivity index (χ1n) is 2.95. The molecule has 11 heavy (non-hydrogen) atoms. The van der Waals surface area contributed by atoms with Gasteiger partial charge in [-0.05, 0) is 0 Å². The number of amidine groups is 1. The van der Waals surface area contributed by atoms with Crippen molar-refractivity contribution in [2.75, 3.05) is 4.72 Å². The van der Waals surface area contributed by atoms with E-state index >= 15 is 0 Å². The Morgan fingerprint density at radius 3 is 3.00 bits per heavy atom. The van der Waals surface area contributed by atoms with E-state index in [1.165, 1.54) is 0 Å². The van der Waals surface area contributed by atoms with E-state index in [-0.39, 0.29) is 0 Å². The van der Waals surface area contributed by atoms with Gasteiger partial charge in [0, 0.05) is 12.4 Å². The van der Waals surface area contributed by atoms with Gasteiger partial charge in [-0.15, -0.1) is 0 Å². The van der Waals surface area contributed by atoms with Gasteiger partial charge in [0.25, 0.3) is 0 Å². The van der Waals surface area contributed by atoms with E-state index in [2.05, 4.69) is 19.1 Å². The second-order valence-electron chi connectivity index (χ2n) is 1.92. The quantitative estimate of drug-likeness (QED) is 0.539. The topological polar surface area (TPSA) is 76.2 Å². The van der Waals surface area contributed by atoms with Gasteiger partial charge in [-0.3, -0.25) is 4.72 Å². The van der Waals surface area contributed by atoms with Crippen LogP contribution in [0.2, 0.25) is 0 Å². The molecule has 6 heteroatoms. The van der Waals surface area contributed by atoms with Gasteiger partial charge >= 0.3 is 0 Å². The van der Waals surface area contributed by atoms with Crippen LogP contribution in [0.5, 0.6) is 0 Å². The number of hydrogen-bond acceptors (Lipinski definition) is 6. The number of rotatable bonds is 0. The summed E-state index contributed by atoms with van der Waals surface area (Å²) in [4.78, 5) is 8.02. The summed E-state index contributed by atoms with van der Waals surface area (Å²) in [6.07, 6.45) is 3.18. The van der Waals surface area contributed by atoms with Gasteiger partial charge in [0.05, 0.1) is 12.1 Å². The van der Waals surface area contributed by atoms with E-state index in [1.807, 2.05) is 0 Å². The van der Waals surface area contributed by atoms with Crippen LogP contribution >= 0.6 is 12.1 Å². The molecular weight excluding hydrogens is 162 g/mol. The van der Waals surface area contributed by atoms with Gasteiger partial charge in [0.15, 0.2) is 11.7 Å². The molecule has 0 atom stereocenters. The van der Waals surface area contributed by atoms with Crippen molar-refractivity contribution in [3.63, 3.8) is 0 Å². The molecule has 0 spiro atoms. The Hall–Kier alpha value is -1.30. The van der Waals surface area contributed by atoms with Gasteiger partial charge in [0.1, 0.15) is 5.69 Å². The first-order chi connectivity index (χ1) is 5.38. The molecular formula is C5H5N5S. The zero-order chi connectivity index (χ0) is 7.68. The second kappa shape index (κ2) is 2.39.